The molecule has 54 heavy (non-hydrogen) atoms. The van der Waals surface area contributed by atoms with Crippen molar-refractivity contribution in [3.05, 3.63) is 204 Å². The van der Waals surface area contributed by atoms with Crippen LogP contribution < -0.4 is 0 Å². The van der Waals surface area contributed by atoms with Crippen LogP contribution in [0.5, 0.6) is 5.75 Å². The highest BCUT2D eigenvalue weighted by molar-refractivity contribution is 5.87. The van der Waals surface area contributed by atoms with Gasteiger partial charge in [0.15, 0.2) is 0 Å². The largest absolute Gasteiger partial charge is 0.507 e. The number of aromatic hydroxyl groups is 1. The quantitative estimate of drug-likeness (QED) is 0.146. The summed E-state index contributed by atoms with van der Waals surface area (Å²) < 4.78 is 0. The van der Waals surface area contributed by atoms with E-state index >= 15 is 0 Å². The van der Waals surface area contributed by atoms with Gasteiger partial charge in [0.05, 0.1) is 17.1 Å². The summed E-state index contributed by atoms with van der Waals surface area (Å²) in [6.45, 7) is 2.05. The number of aromatic nitrogens is 3. The van der Waals surface area contributed by atoms with E-state index in [1.807, 2.05) is 91.4 Å². The highest BCUT2D eigenvalue weighted by Gasteiger charge is 2.14. The Morgan fingerprint density at radius 1 is 0.370 bits per heavy atom. The first-order valence-electron chi connectivity index (χ1n) is 18.6. The van der Waals surface area contributed by atoms with E-state index in [0.29, 0.717) is 0 Å². The number of phenolic OH excluding ortho intramolecular Hbond substituents is 1. The number of benzene rings is 5. The van der Waals surface area contributed by atoms with Gasteiger partial charge in [-0.15, -0.1) is 0 Å². The van der Waals surface area contributed by atoms with Crippen LogP contribution in [0, 0.1) is 6.92 Å². The van der Waals surface area contributed by atoms with Gasteiger partial charge in [0.2, 0.25) is 0 Å². The van der Waals surface area contributed by atoms with Gasteiger partial charge in [-0.25, -0.2) is 0 Å². The van der Waals surface area contributed by atoms with Crippen LogP contribution >= 0.6 is 0 Å². The molecule has 0 bridgehead atoms. The van der Waals surface area contributed by atoms with Gasteiger partial charge in [-0.05, 0) is 126 Å². The smallest absolute Gasteiger partial charge is 0.124 e. The Kier molecular flexibility index (Phi) is 10.2. The first-order chi connectivity index (χ1) is 26.6. The zero-order valence-corrected chi connectivity index (χ0v) is 30.4. The zero-order chi connectivity index (χ0) is 36.7. The Hall–Kier alpha value is -6.65. The van der Waals surface area contributed by atoms with E-state index in [-0.39, 0.29) is 5.75 Å². The number of hydrogen-bond donors (Lipinski definition) is 1. The lowest BCUT2D eigenvalue weighted by Crippen LogP contribution is -1.98. The molecule has 0 radical (unpaired) electrons. The molecule has 8 rings (SSSR count). The van der Waals surface area contributed by atoms with E-state index in [1.54, 1.807) is 0 Å². The molecule has 262 valence electrons. The molecule has 3 heterocycles. The second-order valence-electron chi connectivity index (χ2n) is 13.9. The maximum Gasteiger partial charge on any atom is 0.124 e. The number of pyridine rings is 3. The maximum atomic E-state index is 11.4. The number of phenols is 1. The van der Waals surface area contributed by atoms with Crippen molar-refractivity contribution in [1.29, 1.82) is 0 Å². The Morgan fingerprint density at radius 2 is 0.889 bits per heavy atom. The third-order valence-corrected chi connectivity index (χ3v) is 10.0. The summed E-state index contributed by atoms with van der Waals surface area (Å²) in [5.41, 5.74) is 16.3. The van der Waals surface area contributed by atoms with Crippen molar-refractivity contribution in [2.75, 3.05) is 0 Å². The molecule has 5 aromatic carbocycles. The molecule has 3 aromatic heterocycles. The van der Waals surface area contributed by atoms with Crippen molar-refractivity contribution < 1.29 is 5.11 Å². The summed E-state index contributed by atoms with van der Waals surface area (Å²) in [4.78, 5) is 13.6. The molecule has 0 amide bonds. The topological polar surface area (TPSA) is 58.9 Å². The van der Waals surface area contributed by atoms with Crippen molar-refractivity contribution in [3.8, 4) is 61.8 Å². The second kappa shape index (κ2) is 15.9. The molecule has 0 fully saturated rings. The Bertz CT molecular complexity index is 2390. The summed E-state index contributed by atoms with van der Waals surface area (Å²) in [7, 11) is 0. The van der Waals surface area contributed by atoms with Gasteiger partial charge in [-0.3, -0.25) is 15.0 Å². The van der Waals surface area contributed by atoms with Crippen molar-refractivity contribution in [1.82, 2.24) is 15.0 Å². The molecule has 4 heteroatoms. The lowest BCUT2D eigenvalue weighted by atomic mass is 9.89. The van der Waals surface area contributed by atoms with E-state index < -0.39 is 0 Å². The highest BCUT2D eigenvalue weighted by atomic mass is 16.3. The number of hydrogen-bond acceptors (Lipinski definition) is 4. The molecule has 0 aliphatic heterocycles. The number of rotatable bonds is 11. The molecule has 0 saturated heterocycles. The average Bonchev–Trinajstić information content (AvgIpc) is 3.23. The summed E-state index contributed by atoms with van der Waals surface area (Å²) in [5.74, 6) is 0.239. The predicted octanol–water partition coefficient (Wildman–Crippen LogP) is 11.8. The Balaban J connectivity index is 1.09. The standard InChI is InChI=1S/C50H41N3O/c1-35-26-29-53-49(30-35)42-24-25-46(50(54)34-42)45-9-3-2-8-44(45)43-32-38(14-12-36-16-20-40(21-17-36)47-10-4-6-27-51-47)31-39(33-43)15-13-37-18-22-41(23-19-37)48-11-5-7-28-52-48/h2-11,16-34,54H,12-15H2,1H3. The van der Waals surface area contributed by atoms with Gasteiger partial charge in [-0.2, -0.15) is 0 Å². The summed E-state index contributed by atoms with van der Waals surface area (Å²) >= 11 is 0. The minimum absolute atomic E-state index is 0.239. The van der Waals surface area contributed by atoms with Gasteiger partial charge in [0, 0.05) is 40.8 Å². The van der Waals surface area contributed by atoms with Crippen molar-refractivity contribution >= 4 is 0 Å². The molecule has 0 saturated carbocycles. The van der Waals surface area contributed by atoms with Gasteiger partial charge in [0.25, 0.3) is 0 Å². The third kappa shape index (κ3) is 8.04. The van der Waals surface area contributed by atoms with E-state index in [1.165, 1.54) is 22.3 Å². The highest BCUT2D eigenvalue weighted by Crippen LogP contribution is 2.39. The van der Waals surface area contributed by atoms with Crippen LogP contribution in [0.15, 0.2) is 176 Å². The molecular formula is C50H41N3O. The van der Waals surface area contributed by atoms with Crippen LogP contribution in [-0.2, 0) is 25.7 Å². The first kappa shape index (κ1) is 34.4. The van der Waals surface area contributed by atoms with Gasteiger partial charge in [-0.1, -0.05) is 109 Å². The van der Waals surface area contributed by atoms with E-state index in [2.05, 4.69) is 107 Å². The fourth-order valence-corrected chi connectivity index (χ4v) is 7.12. The normalized spacial score (nSPS) is 11.1. The molecule has 0 aliphatic carbocycles. The molecule has 0 spiro atoms. The van der Waals surface area contributed by atoms with E-state index in [0.717, 1.165) is 87.3 Å². The minimum Gasteiger partial charge on any atom is -0.507 e. The van der Waals surface area contributed by atoms with Crippen LogP contribution in [-0.4, -0.2) is 20.1 Å². The fourth-order valence-electron chi connectivity index (χ4n) is 7.12. The SMILES string of the molecule is Cc1ccnc(-c2ccc(-c3ccccc3-c3cc(CCc4ccc(-c5ccccn5)cc4)cc(CCc4ccc(-c5ccccn5)cc4)c3)c(O)c2)c1. The monoisotopic (exact) mass is 699 g/mol. The van der Waals surface area contributed by atoms with Crippen LogP contribution in [0.25, 0.3) is 56.0 Å². The van der Waals surface area contributed by atoms with E-state index in [4.69, 9.17) is 0 Å². The Morgan fingerprint density at radius 3 is 1.43 bits per heavy atom. The summed E-state index contributed by atoms with van der Waals surface area (Å²) in [6.07, 6.45) is 9.16. The molecule has 1 N–H and O–H groups in total. The van der Waals surface area contributed by atoms with E-state index in [9.17, 15) is 5.11 Å². The number of aryl methyl sites for hydroxylation is 5. The van der Waals surface area contributed by atoms with Crippen LogP contribution in [0.3, 0.4) is 0 Å². The third-order valence-electron chi connectivity index (χ3n) is 10.0. The molecule has 4 nitrogen and oxygen atoms in total. The van der Waals surface area contributed by atoms with Gasteiger partial charge >= 0.3 is 0 Å². The van der Waals surface area contributed by atoms with Crippen molar-refractivity contribution in [2.45, 2.75) is 32.6 Å². The van der Waals surface area contributed by atoms with Gasteiger partial charge in [0.1, 0.15) is 5.75 Å². The van der Waals surface area contributed by atoms with Crippen molar-refractivity contribution in [2.24, 2.45) is 0 Å². The lowest BCUT2D eigenvalue weighted by molar-refractivity contribution is 0.477. The molecule has 8 aromatic rings. The average molecular weight is 700 g/mol. The van der Waals surface area contributed by atoms with Crippen LogP contribution in [0.1, 0.15) is 27.8 Å². The van der Waals surface area contributed by atoms with Crippen LogP contribution in [0.2, 0.25) is 0 Å². The zero-order valence-electron chi connectivity index (χ0n) is 30.4. The molecule has 0 atom stereocenters. The molecule has 0 aliphatic rings. The maximum absolute atomic E-state index is 11.4. The minimum atomic E-state index is 0.239. The van der Waals surface area contributed by atoms with Gasteiger partial charge < -0.3 is 5.11 Å². The Labute approximate surface area is 317 Å². The fraction of sp³-hybridized carbons (Fsp3) is 0.100. The summed E-state index contributed by atoms with van der Waals surface area (Å²) in [5, 5.41) is 11.4. The second-order valence-corrected chi connectivity index (χ2v) is 13.9. The molecular weight excluding hydrogens is 659 g/mol. The lowest BCUT2D eigenvalue weighted by Gasteiger charge is -2.16. The summed E-state index contributed by atoms with van der Waals surface area (Å²) in [6, 6.07) is 54.9. The first-order valence-corrected chi connectivity index (χ1v) is 18.6. The van der Waals surface area contributed by atoms with Crippen LogP contribution in [0.4, 0.5) is 0 Å². The number of nitrogens with zero attached hydrogens (tertiary/aromatic N) is 3. The molecule has 0 unspecified atom stereocenters. The van der Waals surface area contributed by atoms with Crippen molar-refractivity contribution in [3.63, 3.8) is 0 Å². The predicted molar refractivity (Wildman–Crippen MR) is 221 cm³/mol.